The first-order valence-electron chi connectivity index (χ1n) is 7.23. The van der Waals surface area contributed by atoms with Crippen LogP contribution < -0.4 is 5.32 Å². The number of rotatable bonds is 2. The molecule has 2 heterocycles. The van der Waals surface area contributed by atoms with Crippen LogP contribution in [0.3, 0.4) is 0 Å². The Morgan fingerprint density at radius 1 is 1.29 bits per heavy atom. The van der Waals surface area contributed by atoms with Gasteiger partial charge in [0, 0.05) is 30.2 Å². The quantitative estimate of drug-likeness (QED) is 0.892. The molecule has 0 aromatic heterocycles. The number of hydrogen-bond donors (Lipinski definition) is 1. The highest BCUT2D eigenvalue weighted by Gasteiger charge is 2.31. The molecule has 2 unspecified atom stereocenters. The maximum Gasteiger partial charge on any atom is 0.253 e. The van der Waals surface area contributed by atoms with Gasteiger partial charge in [0.2, 0.25) is 0 Å². The molecule has 21 heavy (non-hydrogen) atoms. The lowest BCUT2D eigenvalue weighted by molar-refractivity contribution is -0.152. The zero-order valence-electron chi connectivity index (χ0n) is 11.8. The van der Waals surface area contributed by atoms with E-state index in [2.05, 4.69) is 5.32 Å². The Kier molecular flexibility index (Phi) is 4.75. The number of benzene rings is 1. The highest BCUT2D eigenvalue weighted by atomic mass is 35.5. The summed E-state index contributed by atoms with van der Waals surface area (Å²) in [6.45, 7) is 3.58. The molecule has 3 rings (SSSR count). The van der Waals surface area contributed by atoms with E-state index in [1.807, 2.05) is 29.2 Å². The van der Waals surface area contributed by atoms with Gasteiger partial charge in [0.15, 0.2) is 0 Å². The van der Waals surface area contributed by atoms with Crippen molar-refractivity contribution in [2.75, 3.05) is 39.4 Å². The van der Waals surface area contributed by atoms with Crippen molar-refractivity contribution in [3.05, 3.63) is 34.9 Å². The van der Waals surface area contributed by atoms with Gasteiger partial charge >= 0.3 is 0 Å². The van der Waals surface area contributed by atoms with E-state index in [4.69, 9.17) is 21.1 Å². The summed E-state index contributed by atoms with van der Waals surface area (Å²) < 4.78 is 11.3. The summed E-state index contributed by atoms with van der Waals surface area (Å²) in [5.41, 5.74) is 0.930. The number of amides is 1. The smallest absolute Gasteiger partial charge is 0.253 e. The summed E-state index contributed by atoms with van der Waals surface area (Å²) in [6.07, 6.45) is -0.559. The van der Waals surface area contributed by atoms with Crippen LogP contribution in [0.15, 0.2) is 24.3 Å². The maximum atomic E-state index is 12.5. The average Bonchev–Trinajstić information content (AvgIpc) is 2.55. The number of carbonyl (C=O) groups excluding carboxylic acids is 1. The highest BCUT2D eigenvalue weighted by molar-refractivity contribution is 6.31. The summed E-state index contributed by atoms with van der Waals surface area (Å²) in [6, 6.07) is 7.60. The van der Waals surface area contributed by atoms with Crippen LogP contribution >= 0.6 is 11.6 Å². The Labute approximate surface area is 129 Å². The van der Waals surface area contributed by atoms with Gasteiger partial charge in [-0.15, -0.1) is 0 Å². The largest absolute Gasteiger partial charge is 0.370 e. The molecule has 2 atom stereocenters. The minimum absolute atomic E-state index is 0.0301. The van der Waals surface area contributed by atoms with Gasteiger partial charge in [-0.1, -0.05) is 29.8 Å². The molecule has 1 aromatic carbocycles. The van der Waals surface area contributed by atoms with Gasteiger partial charge in [-0.3, -0.25) is 4.79 Å². The lowest BCUT2D eigenvalue weighted by Gasteiger charge is -2.36. The molecule has 0 bridgehead atoms. The number of nitrogens with one attached hydrogen (secondary N) is 1. The topological polar surface area (TPSA) is 50.8 Å². The van der Waals surface area contributed by atoms with Gasteiger partial charge in [-0.05, 0) is 6.07 Å². The van der Waals surface area contributed by atoms with Crippen molar-refractivity contribution in [2.45, 2.75) is 12.2 Å². The second-order valence-electron chi connectivity index (χ2n) is 5.23. The van der Waals surface area contributed by atoms with Crippen LogP contribution in [0.4, 0.5) is 0 Å². The zero-order chi connectivity index (χ0) is 14.7. The van der Waals surface area contributed by atoms with E-state index in [0.717, 1.165) is 12.1 Å². The lowest BCUT2D eigenvalue weighted by atomic mass is 10.1. The van der Waals surface area contributed by atoms with Crippen LogP contribution in [0.25, 0.3) is 0 Å². The predicted molar refractivity (Wildman–Crippen MR) is 79.3 cm³/mol. The standard InChI is InChI=1S/C15H19ClN2O3/c16-12-4-2-1-3-11(12)14-10-18(6-8-21-14)15(19)13-9-17-5-7-20-13/h1-4,13-14,17H,5-10H2. The van der Waals surface area contributed by atoms with Crippen molar-refractivity contribution in [2.24, 2.45) is 0 Å². The molecule has 1 aromatic rings. The second kappa shape index (κ2) is 6.75. The molecule has 5 nitrogen and oxygen atoms in total. The van der Waals surface area contributed by atoms with E-state index in [1.165, 1.54) is 0 Å². The Morgan fingerprint density at radius 3 is 2.90 bits per heavy atom. The number of ether oxygens (including phenoxy) is 2. The fourth-order valence-electron chi connectivity index (χ4n) is 2.70. The minimum Gasteiger partial charge on any atom is -0.370 e. The van der Waals surface area contributed by atoms with Crippen LogP contribution in [-0.4, -0.2) is 56.3 Å². The molecule has 1 amide bonds. The van der Waals surface area contributed by atoms with Crippen molar-refractivity contribution in [1.82, 2.24) is 10.2 Å². The maximum absolute atomic E-state index is 12.5. The monoisotopic (exact) mass is 310 g/mol. The second-order valence-corrected chi connectivity index (χ2v) is 5.64. The number of hydrogen-bond acceptors (Lipinski definition) is 4. The Bertz CT molecular complexity index is 505. The molecule has 2 aliphatic rings. The highest BCUT2D eigenvalue weighted by Crippen LogP contribution is 2.28. The van der Waals surface area contributed by atoms with Gasteiger partial charge in [0.1, 0.15) is 12.2 Å². The number of nitrogens with zero attached hydrogens (tertiary/aromatic N) is 1. The summed E-state index contributed by atoms with van der Waals surface area (Å²) >= 11 is 6.22. The summed E-state index contributed by atoms with van der Waals surface area (Å²) in [4.78, 5) is 14.3. The summed E-state index contributed by atoms with van der Waals surface area (Å²) in [7, 11) is 0. The molecule has 0 aliphatic carbocycles. The number of morpholine rings is 2. The first-order valence-corrected chi connectivity index (χ1v) is 7.60. The van der Waals surface area contributed by atoms with E-state index in [-0.39, 0.29) is 18.1 Å². The van der Waals surface area contributed by atoms with Crippen LogP contribution in [0, 0.1) is 0 Å². The molecule has 6 heteroatoms. The molecular formula is C15H19ClN2O3. The summed E-state index contributed by atoms with van der Waals surface area (Å²) in [5.74, 6) is 0.0301. The van der Waals surface area contributed by atoms with Crippen LogP contribution in [0.1, 0.15) is 11.7 Å². The first kappa shape index (κ1) is 14.8. The molecular weight excluding hydrogens is 292 g/mol. The lowest BCUT2D eigenvalue weighted by Crippen LogP contribution is -2.52. The molecule has 0 radical (unpaired) electrons. The zero-order valence-corrected chi connectivity index (χ0v) is 12.5. The molecule has 114 valence electrons. The van der Waals surface area contributed by atoms with E-state index in [1.54, 1.807) is 0 Å². The van der Waals surface area contributed by atoms with Crippen molar-refractivity contribution < 1.29 is 14.3 Å². The molecule has 0 saturated carbocycles. The predicted octanol–water partition coefficient (Wildman–Crippen LogP) is 1.23. The van der Waals surface area contributed by atoms with Crippen molar-refractivity contribution in [3.63, 3.8) is 0 Å². The Morgan fingerprint density at radius 2 is 2.14 bits per heavy atom. The average molecular weight is 311 g/mol. The third kappa shape index (κ3) is 3.37. The fourth-order valence-corrected chi connectivity index (χ4v) is 2.96. The minimum atomic E-state index is -0.385. The molecule has 1 N–H and O–H groups in total. The first-order chi connectivity index (χ1) is 10.3. The number of carbonyl (C=O) groups is 1. The van der Waals surface area contributed by atoms with Gasteiger partial charge in [0.05, 0.1) is 19.8 Å². The molecule has 2 saturated heterocycles. The van der Waals surface area contributed by atoms with Crippen molar-refractivity contribution in [3.8, 4) is 0 Å². The molecule has 2 aliphatic heterocycles. The van der Waals surface area contributed by atoms with Gasteiger partial charge in [-0.25, -0.2) is 0 Å². The van der Waals surface area contributed by atoms with Crippen LogP contribution in [0.2, 0.25) is 5.02 Å². The van der Waals surface area contributed by atoms with E-state index >= 15 is 0 Å². The molecule has 0 spiro atoms. The third-order valence-electron chi connectivity index (χ3n) is 3.83. The van der Waals surface area contributed by atoms with E-state index < -0.39 is 0 Å². The van der Waals surface area contributed by atoms with Gasteiger partial charge < -0.3 is 19.7 Å². The third-order valence-corrected chi connectivity index (χ3v) is 4.18. The number of halogens is 1. The van der Waals surface area contributed by atoms with Crippen molar-refractivity contribution >= 4 is 17.5 Å². The van der Waals surface area contributed by atoms with Gasteiger partial charge in [0.25, 0.3) is 5.91 Å². The van der Waals surface area contributed by atoms with Crippen molar-refractivity contribution in [1.29, 1.82) is 0 Å². The van der Waals surface area contributed by atoms with Gasteiger partial charge in [-0.2, -0.15) is 0 Å². The van der Waals surface area contributed by atoms with Crippen LogP contribution in [0.5, 0.6) is 0 Å². The Hall–Kier alpha value is -1.14. The summed E-state index contributed by atoms with van der Waals surface area (Å²) in [5, 5.41) is 3.86. The Balaban J connectivity index is 1.68. The van der Waals surface area contributed by atoms with E-state index in [9.17, 15) is 4.79 Å². The fraction of sp³-hybridized carbons (Fsp3) is 0.533. The van der Waals surface area contributed by atoms with Crippen LogP contribution in [-0.2, 0) is 14.3 Å². The normalized spacial score (nSPS) is 26.6. The SMILES string of the molecule is O=C(C1CNCCO1)N1CCOC(c2ccccc2Cl)C1. The molecule has 2 fully saturated rings. The van der Waals surface area contributed by atoms with E-state index in [0.29, 0.717) is 37.9 Å².